The number of thioether (sulfide) groups is 1. The van der Waals surface area contributed by atoms with Crippen LogP contribution in [-0.4, -0.2) is 13.4 Å². The predicted octanol–water partition coefficient (Wildman–Crippen LogP) is 6.23. The molecule has 0 amide bonds. The molecule has 0 spiro atoms. The van der Waals surface area contributed by atoms with Crippen molar-refractivity contribution < 1.29 is 17.2 Å². The van der Waals surface area contributed by atoms with Gasteiger partial charge in [0.05, 0.1) is 9.77 Å². The number of hydrogen-bond donors (Lipinski definition) is 0. The summed E-state index contributed by atoms with van der Waals surface area (Å²) in [5, 5.41) is 1.88. The molecule has 4 nitrogen and oxygen atoms in total. The summed E-state index contributed by atoms with van der Waals surface area (Å²) in [6, 6.07) is 18.1. The van der Waals surface area contributed by atoms with E-state index in [9.17, 15) is 12.8 Å². The Labute approximate surface area is 176 Å². The van der Waals surface area contributed by atoms with E-state index in [2.05, 4.69) is 4.98 Å². The summed E-state index contributed by atoms with van der Waals surface area (Å²) >= 11 is 2.70. The van der Waals surface area contributed by atoms with Crippen molar-refractivity contribution >= 4 is 32.9 Å². The van der Waals surface area contributed by atoms with Gasteiger partial charge in [-0.25, -0.2) is 12.8 Å². The van der Waals surface area contributed by atoms with E-state index >= 15 is 0 Å². The number of halogens is 1. The van der Waals surface area contributed by atoms with Crippen molar-refractivity contribution in [3.8, 4) is 10.8 Å². The van der Waals surface area contributed by atoms with Crippen LogP contribution in [-0.2, 0) is 9.84 Å². The number of benzene rings is 2. The lowest BCUT2D eigenvalue weighted by atomic mass is 10.2. The normalized spacial score (nSPS) is 12.8. The molecule has 0 bridgehead atoms. The van der Waals surface area contributed by atoms with Crippen molar-refractivity contribution in [3.05, 3.63) is 83.5 Å². The molecule has 0 aliphatic rings. The Morgan fingerprint density at radius 2 is 1.76 bits per heavy atom. The third-order valence-corrected chi connectivity index (χ3v) is 8.01. The minimum Gasteiger partial charge on any atom is -0.427 e. The summed E-state index contributed by atoms with van der Waals surface area (Å²) in [5.74, 6) is -0.251. The smallest absolute Gasteiger partial charge is 0.238 e. The fraction of sp³-hybridized carbons (Fsp3) is 0.0952. The molecule has 1 atom stereocenters. The summed E-state index contributed by atoms with van der Waals surface area (Å²) in [6.07, 6.45) is 0. The fourth-order valence-corrected chi connectivity index (χ4v) is 5.91. The maximum Gasteiger partial charge on any atom is 0.238 e. The Morgan fingerprint density at radius 1 is 1.03 bits per heavy atom. The highest BCUT2D eigenvalue weighted by Crippen LogP contribution is 2.42. The Balaban J connectivity index is 1.78. The molecule has 4 rings (SSSR count). The Kier molecular flexibility index (Phi) is 5.58. The highest BCUT2D eigenvalue weighted by molar-refractivity contribution is 8.00. The van der Waals surface area contributed by atoms with Crippen LogP contribution in [0.3, 0.4) is 0 Å². The zero-order valence-electron chi connectivity index (χ0n) is 15.3. The molecule has 29 heavy (non-hydrogen) atoms. The molecule has 0 aliphatic heterocycles. The Morgan fingerprint density at radius 3 is 2.41 bits per heavy atom. The highest BCUT2D eigenvalue weighted by Gasteiger charge is 2.30. The number of hydrogen-bond acceptors (Lipinski definition) is 6. The van der Waals surface area contributed by atoms with Gasteiger partial charge < -0.3 is 4.42 Å². The zero-order chi connectivity index (χ0) is 20.4. The van der Waals surface area contributed by atoms with Gasteiger partial charge in [-0.2, -0.15) is 4.98 Å². The molecule has 0 saturated carbocycles. The lowest BCUT2D eigenvalue weighted by molar-refractivity contribution is 0.470. The van der Waals surface area contributed by atoms with Crippen molar-refractivity contribution in [2.45, 2.75) is 27.2 Å². The van der Waals surface area contributed by atoms with E-state index in [4.69, 9.17) is 4.42 Å². The molecule has 0 aliphatic carbocycles. The third kappa shape index (κ3) is 4.14. The van der Waals surface area contributed by atoms with Gasteiger partial charge in [-0.3, -0.25) is 0 Å². The molecule has 0 fully saturated rings. The van der Waals surface area contributed by atoms with E-state index in [1.165, 1.54) is 35.2 Å². The van der Waals surface area contributed by atoms with Gasteiger partial charge >= 0.3 is 0 Å². The average Bonchev–Trinajstić information content (AvgIpc) is 3.39. The van der Waals surface area contributed by atoms with Crippen molar-refractivity contribution in [2.75, 3.05) is 0 Å². The molecular weight excluding hydrogens is 429 g/mol. The molecular formula is C21H16FNO3S3. The number of rotatable bonds is 6. The highest BCUT2D eigenvalue weighted by atomic mass is 32.2. The molecule has 2 aromatic carbocycles. The maximum atomic E-state index is 13.3. The summed E-state index contributed by atoms with van der Waals surface area (Å²) in [6.45, 7) is 1.97. The van der Waals surface area contributed by atoms with Crippen LogP contribution in [0.1, 0.15) is 17.7 Å². The Bertz CT molecular complexity index is 1200. The number of oxazole rings is 1. The number of aromatic nitrogens is 1. The topological polar surface area (TPSA) is 60.2 Å². The first-order valence-corrected chi connectivity index (χ1v) is 12.0. The first kappa shape index (κ1) is 19.9. The molecule has 8 heteroatoms. The van der Waals surface area contributed by atoms with Crippen molar-refractivity contribution in [1.29, 1.82) is 0 Å². The molecule has 0 saturated heterocycles. The molecule has 4 aromatic rings. The Hall–Kier alpha value is -2.42. The molecule has 2 heterocycles. The second kappa shape index (κ2) is 8.14. The zero-order valence-corrected chi connectivity index (χ0v) is 17.7. The standard InChI is InChI=1S/C21H16FNO3S3/c1-14(15-6-3-2-4-7-15)28-21-20(23-19(26-21)18-8-5-13-27-18)29(24,25)17-11-9-16(22)10-12-17/h2-14H,1H3. The lowest BCUT2D eigenvalue weighted by Crippen LogP contribution is -2.04. The lowest BCUT2D eigenvalue weighted by Gasteiger charge is -2.10. The van der Waals surface area contributed by atoms with Crippen molar-refractivity contribution in [2.24, 2.45) is 0 Å². The van der Waals surface area contributed by atoms with Crippen molar-refractivity contribution in [1.82, 2.24) is 4.98 Å². The summed E-state index contributed by atoms with van der Waals surface area (Å²) in [5.41, 5.74) is 1.04. The van der Waals surface area contributed by atoms with Gasteiger partial charge in [0, 0.05) is 5.25 Å². The maximum absolute atomic E-state index is 13.3. The number of sulfone groups is 1. The monoisotopic (exact) mass is 445 g/mol. The fourth-order valence-electron chi connectivity index (χ4n) is 2.72. The van der Waals surface area contributed by atoms with E-state index in [0.717, 1.165) is 22.6 Å². The third-order valence-electron chi connectivity index (χ3n) is 4.23. The van der Waals surface area contributed by atoms with Crippen LogP contribution in [0.25, 0.3) is 10.8 Å². The van der Waals surface area contributed by atoms with Gasteiger partial charge in [-0.1, -0.05) is 48.2 Å². The van der Waals surface area contributed by atoms with Crippen LogP contribution >= 0.6 is 23.1 Å². The largest absolute Gasteiger partial charge is 0.427 e. The van der Waals surface area contributed by atoms with Gasteiger partial charge in [0.1, 0.15) is 5.82 Å². The van der Waals surface area contributed by atoms with Crippen LogP contribution in [0.2, 0.25) is 0 Å². The minimum atomic E-state index is -3.97. The van der Waals surface area contributed by atoms with Crippen LogP contribution < -0.4 is 0 Å². The molecule has 0 N–H and O–H groups in total. The quantitative estimate of drug-likeness (QED) is 0.260. The SMILES string of the molecule is CC(Sc1oc(-c2cccs2)nc1S(=O)(=O)c1ccc(F)cc1)c1ccccc1. The van der Waals surface area contributed by atoms with E-state index in [1.54, 1.807) is 0 Å². The number of nitrogens with zero attached hydrogens (tertiary/aromatic N) is 1. The van der Waals surface area contributed by atoms with Crippen LogP contribution in [0.15, 0.2) is 91.5 Å². The molecule has 1 unspecified atom stereocenters. The molecule has 2 aromatic heterocycles. The van der Waals surface area contributed by atoms with E-state index in [1.807, 2.05) is 54.8 Å². The van der Waals surface area contributed by atoms with Gasteiger partial charge in [0.2, 0.25) is 25.8 Å². The van der Waals surface area contributed by atoms with E-state index in [0.29, 0.717) is 0 Å². The molecule has 0 radical (unpaired) electrons. The van der Waals surface area contributed by atoms with Gasteiger partial charge in [0.25, 0.3) is 0 Å². The first-order valence-electron chi connectivity index (χ1n) is 8.72. The van der Waals surface area contributed by atoms with Crippen LogP contribution in [0, 0.1) is 5.82 Å². The summed E-state index contributed by atoms with van der Waals surface area (Å²) < 4.78 is 45.6. The van der Waals surface area contributed by atoms with Gasteiger partial charge in [0.15, 0.2) is 0 Å². The van der Waals surface area contributed by atoms with E-state index in [-0.39, 0.29) is 26.2 Å². The number of thiophene rings is 1. The van der Waals surface area contributed by atoms with Crippen LogP contribution in [0.5, 0.6) is 0 Å². The van der Waals surface area contributed by atoms with Crippen LogP contribution in [0.4, 0.5) is 4.39 Å². The van der Waals surface area contributed by atoms with Gasteiger partial charge in [-0.15, -0.1) is 11.3 Å². The second-order valence-corrected chi connectivity index (χ2v) is 10.3. The van der Waals surface area contributed by atoms with Gasteiger partial charge in [-0.05, 0) is 48.2 Å². The van der Waals surface area contributed by atoms with Crippen molar-refractivity contribution in [3.63, 3.8) is 0 Å². The second-order valence-electron chi connectivity index (χ2n) is 6.22. The minimum absolute atomic E-state index is 0.0286. The first-order chi connectivity index (χ1) is 13.9. The predicted molar refractivity (Wildman–Crippen MR) is 112 cm³/mol. The molecule has 148 valence electrons. The average molecular weight is 446 g/mol. The summed E-state index contributed by atoms with van der Waals surface area (Å²) in [4.78, 5) is 5.02. The summed E-state index contributed by atoms with van der Waals surface area (Å²) in [7, 11) is -3.97. The van der Waals surface area contributed by atoms with E-state index < -0.39 is 15.7 Å².